The van der Waals surface area contributed by atoms with Gasteiger partial charge >= 0.3 is 0 Å². The lowest BCUT2D eigenvalue weighted by molar-refractivity contribution is -0.119. The van der Waals surface area contributed by atoms with Gasteiger partial charge in [0, 0.05) is 0 Å². The zero-order valence-electron chi connectivity index (χ0n) is 13.8. The van der Waals surface area contributed by atoms with Crippen molar-refractivity contribution in [2.24, 2.45) is 5.73 Å². The van der Waals surface area contributed by atoms with Gasteiger partial charge in [-0.2, -0.15) is 0 Å². The first-order chi connectivity index (χ1) is 9.99. The summed E-state index contributed by atoms with van der Waals surface area (Å²) in [6.45, 7) is 8.81. The van der Waals surface area contributed by atoms with Crippen LogP contribution in [0.15, 0.2) is 18.2 Å². The van der Waals surface area contributed by atoms with Crippen LogP contribution in [0.5, 0.6) is 5.75 Å². The molecule has 0 aliphatic heterocycles. The van der Waals surface area contributed by atoms with E-state index in [4.69, 9.17) is 10.5 Å². The van der Waals surface area contributed by atoms with Crippen LogP contribution in [0.4, 0.5) is 0 Å². The average Bonchev–Trinajstić information content (AvgIpc) is 2.45. The lowest BCUT2D eigenvalue weighted by Crippen LogP contribution is -2.20. The van der Waals surface area contributed by atoms with Crippen molar-refractivity contribution in [2.45, 2.75) is 65.2 Å². The fourth-order valence-electron chi connectivity index (χ4n) is 2.73. The normalized spacial score (nSPS) is 13.7. The third-order valence-electron chi connectivity index (χ3n) is 3.95. The molecule has 0 saturated heterocycles. The second-order valence-corrected chi connectivity index (χ2v) is 5.93. The summed E-state index contributed by atoms with van der Waals surface area (Å²) in [5, 5.41) is 0. The summed E-state index contributed by atoms with van der Waals surface area (Å²) >= 11 is 0. The van der Waals surface area contributed by atoms with Crippen molar-refractivity contribution in [1.82, 2.24) is 0 Å². The van der Waals surface area contributed by atoms with Gasteiger partial charge in [0.1, 0.15) is 5.75 Å². The van der Waals surface area contributed by atoms with E-state index in [2.05, 4.69) is 39.8 Å². The van der Waals surface area contributed by atoms with Crippen LogP contribution in [-0.4, -0.2) is 12.5 Å². The fraction of sp³-hybridized carbons (Fsp3) is 0.611. The number of ether oxygens (including phenoxy) is 1. The Kier molecular flexibility index (Phi) is 7.27. The number of rotatable bonds is 9. The largest absolute Gasteiger partial charge is 0.483 e. The first-order valence-corrected chi connectivity index (χ1v) is 8.04. The molecule has 0 spiro atoms. The maximum atomic E-state index is 10.9. The van der Waals surface area contributed by atoms with Gasteiger partial charge in [0.25, 0.3) is 5.91 Å². The molecule has 0 aliphatic carbocycles. The van der Waals surface area contributed by atoms with E-state index in [1.165, 1.54) is 24.0 Å². The van der Waals surface area contributed by atoms with Crippen molar-refractivity contribution < 1.29 is 9.53 Å². The van der Waals surface area contributed by atoms with Gasteiger partial charge in [0.05, 0.1) is 0 Å². The van der Waals surface area contributed by atoms with Crippen molar-refractivity contribution in [2.75, 3.05) is 6.61 Å². The highest BCUT2D eigenvalue weighted by Crippen LogP contribution is 2.33. The lowest BCUT2D eigenvalue weighted by atomic mass is 9.89. The topological polar surface area (TPSA) is 52.3 Å². The first kappa shape index (κ1) is 17.5. The fourth-order valence-corrected chi connectivity index (χ4v) is 2.73. The number of nitrogens with two attached hydrogens (primary N) is 1. The molecule has 1 aromatic carbocycles. The molecule has 0 fully saturated rings. The molecule has 0 radical (unpaired) electrons. The van der Waals surface area contributed by atoms with Crippen LogP contribution in [0.2, 0.25) is 0 Å². The predicted octanol–water partition coefficient (Wildman–Crippen LogP) is 4.36. The Bertz CT molecular complexity index is 457. The number of amides is 1. The quantitative estimate of drug-likeness (QED) is 0.735. The standard InChI is InChI=1S/C18H29NO2/c1-5-7-13(3)15-9-10-17(21-12-18(19)20)16(11-15)14(4)8-6-2/h9-11,13-14H,5-8,12H2,1-4H3,(H2,19,20). The summed E-state index contributed by atoms with van der Waals surface area (Å²) in [6.07, 6.45) is 4.60. The Morgan fingerprint density at radius 2 is 1.76 bits per heavy atom. The van der Waals surface area contributed by atoms with E-state index in [0.717, 1.165) is 18.6 Å². The molecule has 0 heterocycles. The highest BCUT2D eigenvalue weighted by atomic mass is 16.5. The number of benzene rings is 1. The minimum Gasteiger partial charge on any atom is -0.483 e. The molecule has 0 aliphatic rings. The number of carbonyl (C=O) groups excluding carboxylic acids is 1. The Balaban J connectivity index is 3.03. The van der Waals surface area contributed by atoms with Gasteiger partial charge in [-0.1, -0.05) is 52.7 Å². The predicted molar refractivity (Wildman–Crippen MR) is 87.8 cm³/mol. The van der Waals surface area contributed by atoms with E-state index in [-0.39, 0.29) is 6.61 Å². The minimum atomic E-state index is -0.437. The number of carbonyl (C=O) groups is 1. The smallest absolute Gasteiger partial charge is 0.255 e. The maximum absolute atomic E-state index is 10.9. The SMILES string of the molecule is CCCC(C)c1ccc(OCC(N)=O)c(C(C)CCC)c1. The molecule has 118 valence electrons. The van der Waals surface area contributed by atoms with Crippen LogP contribution in [-0.2, 0) is 4.79 Å². The van der Waals surface area contributed by atoms with Crippen molar-refractivity contribution in [3.05, 3.63) is 29.3 Å². The summed E-state index contributed by atoms with van der Waals surface area (Å²) in [6, 6.07) is 6.35. The Labute approximate surface area is 128 Å². The van der Waals surface area contributed by atoms with Crippen molar-refractivity contribution in [1.29, 1.82) is 0 Å². The van der Waals surface area contributed by atoms with Crippen LogP contribution >= 0.6 is 0 Å². The number of hydrogen-bond donors (Lipinski definition) is 1. The van der Waals surface area contributed by atoms with Gasteiger partial charge in [-0.15, -0.1) is 0 Å². The van der Waals surface area contributed by atoms with Crippen molar-refractivity contribution >= 4 is 5.91 Å². The summed E-state index contributed by atoms with van der Waals surface area (Å²) in [4.78, 5) is 10.9. The summed E-state index contributed by atoms with van der Waals surface area (Å²) in [7, 11) is 0. The van der Waals surface area contributed by atoms with Crippen molar-refractivity contribution in [3.63, 3.8) is 0 Å². The van der Waals surface area contributed by atoms with E-state index in [1.54, 1.807) is 0 Å². The number of primary amides is 1. The molecule has 21 heavy (non-hydrogen) atoms. The van der Waals surface area contributed by atoms with Gasteiger partial charge in [0.15, 0.2) is 6.61 Å². The summed E-state index contributed by atoms with van der Waals surface area (Å²) in [5.74, 6) is 1.33. The molecule has 1 aromatic rings. The zero-order valence-corrected chi connectivity index (χ0v) is 13.8. The van der Waals surface area contributed by atoms with Crippen LogP contribution in [0, 0.1) is 0 Å². The Hall–Kier alpha value is -1.51. The van der Waals surface area contributed by atoms with Gasteiger partial charge in [0.2, 0.25) is 0 Å². The second-order valence-electron chi connectivity index (χ2n) is 5.93. The lowest BCUT2D eigenvalue weighted by Gasteiger charge is -2.19. The van der Waals surface area contributed by atoms with E-state index < -0.39 is 5.91 Å². The van der Waals surface area contributed by atoms with E-state index in [1.807, 2.05) is 6.07 Å². The minimum absolute atomic E-state index is 0.0598. The molecule has 2 N–H and O–H groups in total. The third kappa shape index (κ3) is 5.41. The summed E-state index contributed by atoms with van der Waals surface area (Å²) in [5.41, 5.74) is 7.72. The molecule has 1 rings (SSSR count). The van der Waals surface area contributed by atoms with Crippen molar-refractivity contribution in [3.8, 4) is 5.75 Å². The maximum Gasteiger partial charge on any atom is 0.255 e. The second kappa shape index (κ2) is 8.71. The van der Waals surface area contributed by atoms with Gasteiger partial charge in [-0.05, 0) is 41.9 Å². The van der Waals surface area contributed by atoms with Gasteiger partial charge in [-0.3, -0.25) is 4.79 Å². The molecule has 3 nitrogen and oxygen atoms in total. The molecule has 0 saturated carbocycles. The molecule has 3 heteroatoms. The number of hydrogen-bond acceptors (Lipinski definition) is 2. The first-order valence-electron chi connectivity index (χ1n) is 8.04. The zero-order chi connectivity index (χ0) is 15.8. The molecule has 2 atom stereocenters. The highest BCUT2D eigenvalue weighted by Gasteiger charge is 2.15. The summed E-state index contributed by atoms with van der Waals surface area (Å²) < 4.78 is 5.59. The van der Waals surface area contributed by atoms with E-state index in [0.29, 0.717) is 11.8 Å². The molecular weight excluding hydrogens is 262 g/mol. The van der Waals surface area contributed by atoms with Crippen LogP contribution < -0.4 is 10.5 Å². The average molecular weight is 291 g/mol. The highest BCUT2D eigenvalue weighted by molar-refractivity contribution is 5.75. The van der Waals surface area contributed by atoms with Gasteiger partial charge in [-0.25, -0.2) is 0 Å². The molecule has 0 bridgehead atoms. The molecule has 0 aromatic heterocycles. The van der Waals surface area contributed by atoms with E-state index >= 15 is 0 Å². The molecule has 2 unspecified atom stereocenters. The molecular formula is C18H29NO2. The monoisotopic (exact) mass is 291 g/mol. The Morgan fingerprint density at radius 3 is 2.33 bits per heavy atom. The Morgan fingerprint density at radius 1 is 1.14 bits per heavy atom. The van der Waals surface area contributed by atoms with Crippen LogP contribution in [0.3, 0.4) is 0 Å². The van der Waals surface area contributed by atoms with E-state index in [9.17, 15) is 4.79 Å². The third-order valence-corrected chi connectivity index (χ3v) is 3.95. The van der Waals surface area contributed by atoms with Crippen LogP contribution in [0.1, 0.15) is 76.3 Å². The van der Waals surface area contributed by atoms with Gasteiger partial charge < -0.3 is 10.5 Å². The molecule has 1 amide bonds. The van der Waals surface area contributed by atoms with Crippen LogP contribution in [0.25, 0.3) is 0 Å².